The molecule has 33 heavy (non-hydrogen) atoms. The van der Waals surface area contributed by atoms with Gasteiger partial charge in [-0.3, -0.25) is 0 Å². The molecule has 10 heteroatoms. The van der Waals surface area contributed by atoms with Crippen LogP contribution in [0, 0.1) is 0 Å². The van der Waals surface area contributed by atoms with Crippen molar-refractivity contribution in [2.24, 2.45) is 5.10 Å². The van der Waals surface area contributed by atoms with Gasteiger partial charge in [0, 0.05) is 31.7 Å². The maximum atomic E-state index is 5.42. The van der Waals surface area contributed by atoms with Crippen LogP contribution in [0.5, 0.6) is 17.2 Å². The van der Waals surface area contributed by atoms with Gasteiger partial charge in [0.1, 0.15) is 0 Å². The van der Waals surface area contributed by atoms with E-state index in [0.717, 1.165) is 69.3 Å². The van der Waals surface area contributed by atoms with Gasteiger partial charge in [0.05, 0.1) is 27.5 Å². The standard InChI is InChI=1S/C23H33N7O3/c1-31-18-14-17(15-19(32-2)20(18)33-3)16-24-28-21-25-22(29-10-6-4-7-11-29)27-23(26-21)30-12-8-5-9-13-30/h14-16H,4-13H2,1-3H3,(H,25,26,27,28)/b24-16+. The summed E-state index contributed by atoms with van der Waals surface area (Å²) >= 11 is 0. The summed E-state index contributed by atoms with van der Waals surface area (Å²) in [4.78, 5) is 18.6. The first-order valence-corrected chi connectivity index (χ1v) is 11.6. The molecule has 0 saturated carbocycles. The van der Waals surface area contributed by atoms with Crippen molar-refractivity contribution in [3.05, 3.63) is 17.7 Å². The number of aromatic nitrogens is 3. The Bertz CT molecular complexity index is 896. The lowest BCUT2D eigenvalue weighted by atomic mass is 10.1. The molecule has 1 N–H and O–H groups in total. The maximum Gasteiger partial charge on any atom is 0.250 e. The third-order valence-corrected chi connectivity index (χ3v) is 5.95. The lowest BCUT2D eigenvalue weighted by molar-refractivity contribution is 0.324. The van der Waals surface area contributed by atoms with Gasteiger partial charge in [0.25, 0.3) is 0 Å². The normalized spacial score (nSPS) is 16.7. The largest absolute Gasteiger partial charge is 0.493 e. The van der Waals surface area contributed by atoms with Crippen LogP contribution in [0.3, 0.4) is 0 Å². The van der Waals surface area contributed by atoms with Gasteiger partial charge in [-0.05, 0) is 50.7 Å². The van der Waals surface area contributed by atoms with Gasteiger partial charge in [-0.15, -0.1) is 0 Å². The summed E-state index contributed by atoms with van der Waals surface area (Å²) in [6.07, 6.45) is 8.82. The molecule has 2 saturated heterocycles. The topological polar surface area (TPSA) is 97.2 Å². The van der Waals surface area contributed by atoms with E-state index in [1.165, 1.54) is 12.8 Å². The molecule has 10 nitrogen and oxygen atoms in total. The number of piperidine rings is 2. The number of nitrogens with one attached hydrogen (secondary N) is 1. The molecule has 1 aromatic heterocycles. The Labute approximate surface area is 195 Å². The smallest absolute Gasteiger partial charge is 0.250 e. The molecule has 3 heterocycles. The van der Waals surface area contributed by atoms with E-state index in [2.05, 4.69) is 30.3 Å². The first kappa shape index (κ1) is 22.9. The summed E-state index contributed by atoms with van der Waals surface area (Å²) in [5.74, 6) is 3.55. The Hall–Kier alpha value is -3.30. The van der Waals surface area contributed by atoms with Crippen molar-refractivity contribution < 1.29 is 14.2 Å². The minimum absolute atomic E-state index is 0.440. The lowest BCUT2D eigenvalue weighted by Gasteiger charge is -2.30. The number of hydrazone groups is 1. The highest BCUT2D eigenvalue weighted by Crippen LogP contribution is 2.37. The molecule has 0 bridgehead atoms. The van der Waals surface area contributed by atoms with E-state index in [1.807, 2.05) is 12.1 Å². The Kier molecular flexibility index (Phi) is 7.64. The first-order valence-electron chi connectivity index (χ1n) is 11.6. The van der Waals surface area contributed by atoms with Crippen molar-refractivity contribution in [2.45, 2.75) is 38.5 Å². The van der Waals surface area contributed by atoms with Crippen molar-refractivity contribution in [1.29, 1.82) is 0 Å². The van der Waals surface area contributed by atoms with E-state index < -0.39 is 0 Å². The van der Waals surface area contributed by atoms with Gasteiger partial charge in [-0.1, -0.05) is 0 Å². The van der Waals surface area contributed by atoms with Crippen LogP contribution < -0.4 is 29.4 Å². The minimum Gasteiger partial charge on any atom is -0.493 e. The number of hydrogen-bond donors (Lipinski definition) is 1. The van der Waals surface area contributed by atoms with Gasteiger partial charge in [0.2, 0.25) is 23.6 Å². The summed E-state index contributed by atoms with van der Waals surface area (Å²) in [6.45, 7) is 3.88. The summed E-state index contributed by atoms with van der Waals surface area (Å²) in [5, 5.41) is 4.37. The average Bonchev–Trinajstić information content (AvgIpc) is 2.89. The van der Waals surface area contributed by atoms with Gasteiger partial charge in [0.15, 0.2) is 11.5 Å². The molecule has 1 aromatic carbocycles. The third-order valence-electron chi connectivity index (χ3n) is 5.95. The van der Waals surface area contributed by atoms with E-state index in [4.69, 9.17) is 19.2 Å². The van der Waals surface area contributed by atoms with Crippen LogP contribution in [-0.2, 0) is 0 Å². The fraction of sp³-hybridized carbons (Fsp3) is 0.565. The molecule has 0 aliphatic carbocycles. The van der Waals surface area contributed by atoms with Crippen LogP contribution in [0.1, 0.15) is 44.1 Å². The number of benzene rings is 1. The molecular formula is C23H33N7O3. The van der Waals surface area contributed by atoms with Crippen LogP contribution in [0.15, 0.2) is 17.2 Å². The summed E-state index contributed by atoms with van der Waals surface area (Å²) in [5.41, 5.74) is 3.79. The van der Waals surface area contributed by atoms with Crippen molar-refractivity contribution in [2.75, 3.05) is 62.7 Å². The van der Waals surface area contributed by atoms with Crippen molar-refractivity contribution in [1.82, 2.24) is 15.0 Å². The Morgan fingerprint density at radius 1 is 0.758 bits per heavy atom. The second kappa shape index (κ2) is 11.0. The number of nitrogens with zero attached hydrogens (tertiary/aromatic N) is 6. The number of ether oxygens (including phenoxy) is 3. The molecule has 0 radical (unpaired) electrons. The van der Waals surface area contributed by atoms with E-state index in [0.29, 0.717) is 23.2 Å². The lowest BCUT2D eigenvalue weighted by Crippen LogP contribution is -2.34. The van der Waals surface area contributed by atoms with Crippen LogP contribution in [-0.4, -0.2) is 68.7 Å². The highest BCUT2D eigenvalue weighted by molar-refractivity contribution is 5.82. The molecule has 0 unspecified atom stereocenters. The van der Waals surface area contributed by atoms with Crippen molar-refractivity contribution in [3.63, 3.8) is 0 Å². The van der Waals surface area contributed by atoms with Crippen LogP contribution in [0.25, 0.3) is 0 Å². The average molecular weight is 456 g/mol. The SMILES string of the molecule is COc1cc(/C=N/Nc2nc(N3CCCCC3)nc(N3CCCCC3)n2)cc(OC)c1OC. The molecule has 4 rings (SSSR count). The highest BCUT2D eigenvalue weighted by atomic mass is 16.5. The fourth-order valence-corrected chi connectivity index (χ4v) is 4.21. The van der Waals surface area contributed by atoms with Gasteiger partial charge in [-0.25, -0.2) is 5.43 Å². The summed E-state index contributed by atoms with van der Waals surface area (Å²) in [6, 6.07) is 3.66. The van der Waals surface area contributed by atoms with Gasteiger partial charge >= 0.3 is 0 Å². The minimum atomic E-state index is 0.440. The predicted molar refractivity (Wildman–Crippen MR) is 129 cm³/mol. The van der Waals surface area contributed by atoms with Crippen LogP contribution in [0.4, 0.5) is 17.8 Å². The molecule has 2 fully saturated rings. The second-order valence-electron chi connectivity index (χ2n) is 8.18. The monoisotopic (exact) mass is 455 g/mol. The van der Waals surface area contributed by atoms with E-state index in [-0.39, 0.29) is 0 Å². The van der Waals surface area contributed by atoms with E-state index >= 15 is 0 Å². The number of rotatable bonds is 8. The molecular weight excluding hydrogens is 422 g/mol. The zero-order chi connectivity index (χ0) is 23.0. The highest BCUT2D eigenvalue weighted by Gasteiger charge is 2.20. The molecule has 2 aliphatic rings. The fourth-order valence-electron chi connectivity index (χ4n) is 4.21. The third kappa shape index (κ3) is 5.55. The van der Waals surface area contributed by atoms with Crippen molar-refractivity contribution >= 4 is 24.1 Å². The Morgan fingerprint density at radius 2 is 1.27 bits per heavy atom. The summed E-state index contributed by atoms with van der Waals surface area (Å²) < 4.78 is 16.2. The van der Waals surface area contributed by atoms with E-state index in [1.54, 1.807) is 27.5 Å². The quantitative estimate of drug-likeness (QED) is 0.475. The predicted octanol–water partition coefficient (Wildman–Crippen LogP) is 3.32. The molecule has 0 amide bonds. The first-order chi connectivity index (χ1) is 16.2. The molecule has 178 valence electrons. The van der Waals surface area contributed by atoms with Gasteiger partial charge in [-0.2, -0.15) is 20.1 Å². The Balaban J connectivity index is 1.57. The molecule has 0 atom stereocenters. The maximum absolute atomic E-state index is 5.42. The Morgan fingerprint density at radius 3 is 1.73 bits per heavy atom. The number of hydrogen-bond acceptors (Lipinski definition) is 10. The molecule has 2 aromatic rings. The van der Waals surface area contributed by atoms with Crippen molar-refractivity contribution in [3.8, 4) is 17.2 Å². The summed E-state index contributed by atoms with van der Waals surface area (Å²) in [7, 11) is 4.76. The number of anilines is 3. The van der Waals surface area contributed by atoms with Crippen LogP contribution >= 0.6 is 0 Å². The van der Waals surface area contributed by atoms with E-state index in [9.17, 15) is 0 Å². The molecule has 0 spiro atoms. The number of methoxy groups -OCH3 is 3. The zero-order valence-electron chi connectivity index (χ0n) is 19.7. The molecule has 2 aliphatic heterocycles. The zero-order valence-corrected chi connectivity index (χ0v) is 19.7. The van der Waals surface area contributed by atoms with Gasteiger partial charge < -0.3 is 24.0 Å². The van der Waals surface area contributed by atoms with Crippen LogP contribution in [0.2, 0.25) is 0 Å². The second-order valence-corrected chi connectivity index (χ2v) is 8.18.